The van der Waals surface area contributed by atoms with E-state index >= 15 is 0 Å². The Kier molecular flexibility index (Phi) is 4.62. The molecule has 0 amide bonds. The van der Waals surface area contributed by atoms with Crippen molar-refractivity contribution in [1.29, 1.82) is 0 Å². The van der Waals surface area contributed by atoms with Gasteiger partial charge < -0.3 is 29.2 Å². The number of ether oxygens (including phenoxy) is 4. The van der Waals surface area contributed by atoms with E-state index in [9.17, 15) is 14.7 Å². The molecule has 8 nitrogen and oxygen atoms in total. The lowest BCUT2D eigenvalue weighted by Gasteiger charge is -2.34. The van der Waals surface area contributed by atoms with Crippen LogP contribution in [0, 0.1) is 11.8 Å². The van der Waals surface area contributed by atoms with Crippen molar-refractivity contribution in [2.45, 2.75) is 56.4 Å². The quantitative estimate of drug-likeness (QED) is 0.309. The molecule has 7 unspecified atom stereocenters. The summed E-state index contributed by atoms with van der Waals surface area (Å²) in [4.78, 5) is 24.5. The summed E-state index contributed by atoms with van der Waals surface area (Å²) < 4.78 is 22.6. The first-order valence-corrected chi connectivity index (χ1v) is 9.23. The van der Waals surface area contributed by atoms with Gasteiger partial charge in [-0.3, -0.25) is 4.79 Å². The summed E-state index contributed by atoms with van der Waals surface area (Å²) in [5, 5.41) is 19.7. The summed E-state index contributed by atoms with van der Waals surface area (Å²) in [6.45, 7) is 4.95. The zero-order valence-electron chi connectivity index (χ0n) is 15.1. The van der Waals surface area contributed by atoms with Crippen molar-refractivity contribution < 1.29 is 38.7 Å². The lowest BCUT2D eigenvalue weighted by atomic mass is 9.79. The van der Waals surface area contributed by atoms with Crippen molar-refractivity contribution in [1.82, 2.24) is 0 Å². The van der Waals surface area contributed by atoms with Crippen LogP contribution >= 0.6 is 0 Å². The van der Waals surface area contributed by atoms with Gasteiger partial charge in [-0.25, -0.2) is 4.79 Å². The smallest absolute Gasteiger partial charge is 0.336 e. The van der Waals surface area contributed by atoms with Crippen LogP contribution < -0.4 is 0 Å². The van der Waals surface area contributed by atoms with Gasteiger partial charge in [-0.1, -0.05) is 13.5 Å². The third kappa shape index (κ3) is 3.10. The van der Waals surface area contributed by atoms with E-state index in [1.807, 2.05) is 6.08 Å². The molecule has 2 bridgehead atoms. The van der Waals surface area contributed by atoms with E-state index < -0.39 is 48.5 Å². The summed E-state index contributed by atoms with van der Waals surface area (Å²) in [5.41, 5.74) is -0.129. The predicted molar refractivity (Wildman–Crippen MR) is 90.1 cm³/mol. The molecule has 7 atom stereocenters. The van der Waals surface area contributed by atoms with E-state index in [0.29, 0.717) is 6.42 Å². The van der Waals surface area contributed by atoms with Crippen LogP contribution in [0.25, 0.3) is 0 Å². The molecular formula is C19H24O8. The van der Waals surface area contributed by atoms with Gasteiger partial charge in [0.25, 0.3) is 0 Å². The fourth-order valence-corrected chi connectivity index (χ4v) is 4.41. The van der Waals surface area contributed by atoms with E-state index in [1.54, 1.807) is 6.92 Å². The molecule has 0 aromatic heterocycles. The van der Waals surface area contributed by atoms with Crippen LogP contribution in [0.2, 0.25) is 0 Å². The molecule has 5 rings (SSSR count). The number of hydrogen-bond donors (Lipinski definition) is 2. The summed E-state index contributed by atoms with van der Waals surface area (Å²) in [7, 11) is 0. The maximum Gasteiger partial charge on any atom is 0.336 e. The average Bonchev–Trinajstić information content (AvgIpc) is 3.26. The number of carbonyl (C=O) groups excluding carboxylic acids is 2. The topological polar surface area (TPSA) is 115 Å². The molecule has 0 aromatic carbocycles. The molecule has 0 saturated carbocycles. The Bertz CT molecular complexity index is 700. The number of epoxide rings is 1. The molecule has 3 saturated heterocycles. The third-order valence-electron chi connectivity index (χ3n) is 6.09. The second-order valence-corrected chi connectivity index (χ2v) is 7.77. The highest BCUT2D eigenvalue weighted by molar-refractivity contribution is 5.88. The molecule has 4 aliphatic heterocycles. The number of rotatable bonds is 3. The Morgan fingerprint density at radius 1 is 1.48 bits per heavy atom. The lowest BCUT2D eigenvalue weighted by Crippen LogP contribution is -2.46. The standard InChI is InChI=1S/C19H24O8/c1-9(7-20)16(21)26-13-6-19-14(27-19)4-3-11(8-24-18(19)23)5-12-15(13)10(2)17(22)25-12/h5,10,12-15,18,20,23H,1,3-4,6-8H2,2H3. The lowest BCUT2D eigenvalue weighted by molar-refractivity contribution is -0.165. The Hall–Kier alpha value is -1.74. The predicted octanol–water partition coefficient (Wildman–Crippen LogP) is 0.221. The summed E-state index contributed by atoms with van der Waals surface area (Å²) >= 11 is 0. The number of hydrogen-bond acceptors (Lipinski definition) is 8. The average molecular weight is 380 g/mol. The zero-order valence-corrected chi connectivity index (χ0v) is 15.1. The molecule has 5 aliphatic rings. The minimum absolute atomic E-state index is 0.0796. The molecule has 0 aromatic rings. The second-order valence-electron chi connectivity index (χ2n) is 7.77. The minimum Gasteiger partial charge on any atom is -0.458 e. The van der Waals surface area contributed by atoms with Gasteiger partial charge in [0.15, 0.2) is 6.29 Å². The number of esters is 2. The van der Waals surface area contributed by atoms with Gasteiger partial charge in [-0.15, -0.1) is 0 Å². The number of fused-ring (bicyclic) bond motifs is 4. The highest BCUT2D eigenvalue weighted by atomic mass is 16.7. The highest BCUT2D eigenvalue weighted by Gasteiger charge is 2.65. The Labute approximate surface area is 156 Å². The van der Waals surface area contributed by atoms with E-state index in [4.69, 9.17) is 24.1 Å². The molecule has 27 heavy (non-hydrogen) atoms. The fraction of sp³-hybridized carbons (Fsp3) is 0.684. The Morgan fingerprint density at radius 2 is 2.26 bits per heavy atom. The van der Waals surface area contributed by atoms with Crippen LogP contribution in [0.3, 0.4) is 0 Å². The Balaban J connectivity index is 1.72. The summed E-state index contributed by atoms with van der Waals surface area (Å²) in [6.07, 6.45) is 0.784. The first kappa shape index (κ1) is 18.6. The van der Waals surface area contributed by atoms with Gasteiger partial charge in [0.2, 0.25) is 0 Å². The van der Waals surface area contributed by atoms with Crippen LogP contribution in [-0.4, -0.2) is 65.6 Å². The van der Waals surface area contributed by atoms with Gasteiger partial charge in [0.05, 0.1) is 30.8 Å². The molecule has 8 heteroatoms. The normalized spacial score (nSPS) is 42.9. The van der Waals surface area contributed by atoms with Crippen molar-refractivity contribution in [2.24, 2.45) is 11.8 Å². The molecule has 4 heterocycles. The largest absolute Gasteiger partial charge is 0.458 e. The minimum atomic E-state index is -1.15. The van der Waals surface area contributed by atoms with Crippen LogP contribution in [0.5, 0.6) is 0 Å². The van der Waals surface area contributed by atoms with Crippen LogP contribution in [0.15, 0.2) is 23.8 Å². The van der Waals surface area contributed by atoms with Gasteiger partial charge >= 0.3 is 11.9 Å². The van der Waals surface area contributed by atoms with Crippen LogP contribution in [0.4, 0.5) is 0 Å². The first-order valence-electron chi connectivity index (χ1n) is 9.23. The molecule has 3 fully saturated rings. The molecule has 2 N–H and O–H groups in total. The second kappa shape index (κ2) is 6.70. The molecule has 148 valence electrons. The SMILES string of the molecule is C=C(CO)C(=O)OC1CC23OC2CCC(=CC2OC(=O)C(C)C21)COC3O. The van der Waals surface area contributed by atoms with Gasteiger partial charge in [-0.05, 0) is 24.5 Å². The van der Waals surface area contributed by atoms with Crippen LogP contribution in [-0.2, 0) is 28.5 Å². The third-order valence-corrected chi connectivity index (χ3v) is 6.09. The first-order chi connectivity index (χ1) is 12.9. The molecule has 0 radical (unpaired) electrons. The fourth-order valence-electron chi connectivity index (χ4n) is 4.41. The van der Waals surface area contributed by atoms with Crippen molar-refractivity contribution in [3.05, 3.63) is 23.8 Å². The van der Waals surface area contributed by atoms with E-state index in [-0.39, 0.29) is 30.7 Å². The molecule has 1 spiro atoms. The zero-order chi connectivity index (χ0) is 19.3. The summed E-state index contributed by atoms with van der Waals surface area (Å²) in [5.74, 6) is -2.01. The van der Waals surface area contributed by atoms with Crippen molar-refractivity contribution in [3.63, 3.8) is 0 Å². The number of carbonyl (C=O) groups is 2. The van der Waals surface area contributed by atoms with Crippen molar-refractivity contribution >= 4 is 11.9 Å². The van der Waals surface area contributed by atoms with Gasteiger partial charge in [-0.2, -0.15) is 0 Å². The van der Waals surface area contributed by atoms with E-state index in [1.165, 1.54) is 0 Å². The van der Waals surface area contributed by atoms with Crippen LogP contribution in [0.1, 0.15) is 26.2 Å². The highest BCUT2D eigenvalue weighted by Crippen LogP contribution is 2.51. The monoisotopic (exact) mass is 380 g/mol. The maximum absolute atomic E-state index is 12.3. The van der Waals surface area contributed by atoms with E-state index in [2.05, 4.69) is 6.58 Å². The number of aliphatic hydroxyl groups excluding tert-OH is 2. The molecule has 1 aliphatic carbocycles. The van der Waals surface area contributed by atoms with Crippen molar-refractivity contribution in [3.8, 4) is 0 Å². The van der Waals surface area contributed by atoms with Gasteiger partial charge in [0, 0.05) is 12.3 Å². The van der Waals surface area contributed by atoms with E-state index in [0.717, 1.165) is 12.0 Å². The number of aliphatic hydroxyl groups is 2. The maximum atomic E-state index is 12.3. The molecular weight excluding hydrogens is 356 g/mol. The summed E-state index contributed by atoms with van der Waals surface area (Å²) in [6, 6.07) is 0. The Morgan fingerprint density at radius 3 is 3.00 bits per heavy atom. The van der Waals surface area contributed by atoms with Gasteiger partial charge in [0.1, 0.15) is 17.8 Å². The van der Waals surface area contributed by atoms with Crippen molar-refractivity contribution in [2.75, 3.05) is 13.2 Å².